The molecule has 4 heteroatoms. The van der Waals surface area contributed by atoms with E-state index in [1.54, 1.807) is 0 Å². The van der Waals surface area contributed by atoms with Gasteiger partial charge in [-0.05, 0) is 64.7 Å². The van der Waals surface area contributed by atoms with Gasteiger partial charge in [-0.3, -0.25) is 0 Å². The number of unbranched alkanes of at least 4 members (excludes halogenated alkanes) is 9. The van der Waals surface area contributed by atoms with E-state index in [1.807, 2.05) is 0 Å². The normalized spacial score (nSPS) is 12.0. The van der Waals surface area contributed by atoms with Crippen LogP contribution in [0.5, 0.6) is 0 Å². The van der Waals surface area contributed by atoms with Crippen molar-refractivity contribution in [3.8, 4) is 0 Å². The van der Waals surface area contributed by atoms with Gasteiger partial charge < -0.3 is 22.5 Å². The van der Waals surface area contributed by atoms with Gasteiger partial charge in [0.05, 0.1) is 0 Å². The maximum Gasteiger partial charge on any atom is 0.0167 e. The first kappa shape index (κ1) is 24.8. The van der Waals surface area contributed by atoms with E-state index in [9.17, 15) is 0 Å². The smallest absolute Gasteiger partial charge is 0.0167 e. The van der Waals surface area contributed by atoms with E-state index in [4.69, 9.17) is 17.2 Å². The monoisotopic (exact) mass is 356 g/mol. The number of nitrogens with one attached hydrogen (secondary N) is 1. The lowest BCUT2D eigenvalue weighted by Gasteiger charge is -2.30. The zero-order valence-corrected chi connectivity index (χ0v) is 17.2. The minimum atomic E-state index is -0.0798. The second-order valence-corrected chi connectivity index (χ2v) is 7.83. The fraction of sp³-hybridized carbons (Fsp3) is 1.00. The zero-order valence-electron chi connectivity index (χ0n) is 17.2. The third-order valence-electron chi connectivity index (χ3n) is 5.26. The molecular weight excluding hydrogens is 308 g/mol. The molecule has 0 fully saturated rings. The predicted molar refractivity (Wildman–Crippen MR) is 113 cm³/mol. The van der Waals surface area contributed by atoms with Crippen LogP contribution in [0.4, 0.5) is 0 Å². The van der Waals surface area contributed by atoms with Gasteiger partial charge in [0.1, 0.15) is 0 Å². The van der Waals surface area contributed by atoms with Gasteiger partial charge >= 0.3 is 0 Å². The summed E-state index contributed by atoms with van der Waals surface area (Å²) in [5.74, 6) is 0. The molecule has 0 bridgehead atoms. The Labute approximate surface area is 158 Å². The first-order valence-corrected chi connectivity index (χ1v) is 11.1. The summed E-state index contributed by atoms with van der Waals surface area (Å²) in [6.07, 6.45) is 19.0. The van der Waals surface area contributed by atoms with E-state index < -0.39 is 0 Å². The van der Waals surface area contributed by atoms with E-state index in [1.165, 1.54) is 64.2 Å². The summed E-state index contributed by atoms with van der Waals surface area (Å²) in [6.45, 7) is 5.88. The summed E-state index contributed by atoms with van der Waals surface area (Å²) in [6, 6.07) is 0. The highest BCUT2D eigenvalue weighted by atomic mass is 14.9. The minimum Gasteiger partial charge on any atom is -0.330 e. The zero-order chi connectivity index (χ0) is 18.6. The van der Waals surface area contributed by atoms with Crippen molar-refractivity contribution >= 4 is 0 Å². The van der Waals surface area contributed by atoms with Crippen LogP contribution in [0.25, 0.3) is 0 Å². The summed E-state index contributed by atoms with van der Waals surface area (Å²) in [4.78, 5) is 0. The third kappa shape index (κ3) is 17.0. The van der Waals surface area contributed by atoms with Crippen LogP contribution in [0.2, 0.25) is 0 Å². The van der Waals surface area contributed by atoms with Crippen molar-refractivity contribution in [1.29, 1.82) is 0 Å². The molecule has 0 aliphatic heterocycles. The van der Waals surface area contributed by atoms with Crippen LogP contribution in [0, 0.1) is 0 Å². The molecule has 0 unspecified atom stereocenters. The van der Waals surface area contributed by atoms with Gasteiger partial charge in [0.15, 0.2) is 0 Å². The Hall–Kier alpha value is -0.160. The molecule has 0 aliphatic rings. The molecule has 0 aliphatic carbocycles. The Balaban J connectivity index is 3.47. The first-order chi connectivity index (χ1) is 12.2. The molecule has 0 radical (unpaired) electrons. The topological polar surface area (TPSA) is 90.1 Å². The highest BCUT2D eigenvalue weighted by molar-refractivity contribution is 4.85. The van der Waals surface area contributed by atoms with Gasteiger partial charge in [-0.25, -0.2) is 0 Å². The van der Waals surface area contributed by atoms with Gasteiger partial charge in [0.25, 0.3) is 0 Å². The maximum atomic E-state index is 6.56. The molecule has 0 saturated heterocycles. The Morgan fingerprint density at radius 3 is 1.56 bits per heavy atom. The van der Waals surface area contributed by atoms with Gasteiger partial charge in [-0.15, -0.1) is 0 Å². The van der Waals surface area contributed by atoms with Crippen molar-refractivity contribution < 1.29 is 0 Å². The van der Waals surface area contributed by atoms with Crippen LogP contribution in [0.3, 0.4) is 0 Å². The van der Waals surface area contributed by atoms with Crippen molar-refractivity contribution in [2.45, 2.75) is 109 Å². The van der Waals surface area contributed by atoms with Gasteiger partial charge in [-0.1, -0.05) is 64.7 Å². The molecule has 4 nitrogen and oxygen atoms in total. The molecule has 0 spiro atoms. The van der Waals surface area contributed by atoms with Crippen LogP contribution in [0.15, 0.2) is 0 Å². The molecule has 25 heavy (non-hydrogen) atoms. The Kier molecular flexibility index (Phi) is 18.5. The fourth-order valence-electron chi connectivity index (χ4n) is 3.48. The third-order valence-corrected chi connectivity index (χ3v) is 5.26. The van der Waals surface area contributed by atoms with E-state index in [-0.39, 0.29) is 5.54 Å². The Morgan fingerprint density at radius 2 is 1.08 bits per heavy atom. The lowest BCUT2D eigenvalue weighted by atomic mass is 9.86. The molecule has 0 saturated carbocycles. The molecule has 0 amide bonds. The van der Waals surface area contributed by atoms with E-state index in [2.05, 4.69) is 12.2 Å². The molecule has 0 rings (SSSR count). The number of hydrogen-bond acceptors (Lipinski definition) is 4. The van der Waals surface area contributed by atoms with E-state index >= 15 is 0 Å². The van der Waals surface area contributed by atoms with Crippen LogP contribution in [0.1, 0.15) is 103 Å². The lowest BCUT2D eigenvalue weighted by molar-refractivity contribution is 0.321. The first-order valence-electron chi connectivity index (χ1n) is 11.1. The summed E-state index contributed by atoms with van der Waals surface area (Å²) in [7, 11) is 0. The van der Waals surface area contributed by atoms with Crippen molar-refractivity contribution in [1.82, 2.24) is 5.32 Å². The fourth-order valence-corrected chi connectivity index (χ4v) is 3.48. The average molecular weight is 357 g/mol. The van der Waals surface area contributed by atoms with E-state index in [0.717, 1.165) is 58.3 Å². The molecule has 0 aromatic heterocycles. The number of hydrogen-bond donors (Lipinski definition) is 4. The van der Waals surface area contributed by atoms with Crippen LogP contribution < -0.4 is 22.5 Å². The Morgan fingerprint density at radius 1 is 0.600 bits per heavy atom. The maximum absolute atomic E-state index is 6.56. The molecule has 152 valence electrons. The molecule has 0 heterocycles. The van der Waals surface area contributed by atoms with Gasteiger partial charge in [0.2, 0.25) is 0 Å². The van der Waals surface area contributed by atoms with Gasteiger partial charge in [0, 0.05) is 5.54 Å². The van der Waals surface area contributed by atoms with Gasteiger partial charge in [-0.2, -0.15) is 0 Å². The highest BCUT2D eigenvalue weighted by Crippen LogP contribution is 2.20. The van der Waals surface area contributed by atoms with Crippen molar-refractivity contribution in [3.05, 3.63) is 0 Å². The van der Waals surface area contributed by atoms with Crippen LogP contribution in [-0.2, 0) is 0 Å². The lowest BCUT2D eigenvalue weighted by Crippen LogP contribution is -2.43. The van der Waals surface area contributed by atoms with E-state index in [0.29, 0.717) is 0 Å². The predicted octanol–water partition coefficient (Wildman–Crippen LogP) is 4.06. The molecule has 0 aromatic carbocycles. The van der Waals surface area contributed by atoms with Crippen molar-refractivity contribution in [2.75, 3.05) is 26.2 Å². The number of rotatable bonds is 20. The summed E-state index contributed by atoms with van der Waals surface area (Å²) in [5, 5.41) is 3.58. The molecule has 0 aromatic rings. The Bertz CT molecular complexity index is 250. The average Bonchev–Trinajstić information content (AvgIpc) is 2.62. The second-order valence-electron chi connectivity index (χ2n) is 7.83. The number of nitrogens with two attached hydrogens (primary N) is 3. The largest absolute Gasteiger partial charge is 0.330 e. The summed E-state index contributed by atoms with van der Waals surface area (Å²) >= 11 is 0. The second kappa shape index (κ2) is 18.6. The molecular formula is C21H48N4. The van der Waals surface area contributed by atoms with Crippen LogP contribution in [-0.4, -0.2) is 31.7 Å². The highest BCUT2D eigenvalue weighted by Gasteiger charge is 2.22. The molecule has 0 atom stereocenters. The SMILES string of the molecule is CCCCCCCCCCCCNCCC(N)(CCCN)CCCN. The standard InChI is InChI=1S/C21H48N4/c1-2-3-4-5-6-7-8-9-10-11-19-25-20-16-21(24,14-12-17-22)15-13-18-23/h25H,2-20,22-24H2,1H3. The van der Waals surface area contributed by atoms with Crippen LogP contribution >= 0.6 is 0 Å². The molecule has 7 N–H and O–H groups in total. The van der Waals surface area contributed by atoms with Crippen molar-refractivity contribution in [3.63, 3.8) is 0 Å². The quantitative estimate of drug-likeness (QED) is 0.248. The van der Waals surface area contributed by atoms with Crippen molar-refractivity contribution in [2.24, 2.45) is 17.2 Å². The minimum absolute atomic E-state index is 0.0798. The summed E-state index contributed by atoms with van der Waals surface area (Å²) < 4.78 is 0. The summed E-state index contributed by atoms with van der Waals surface area (Å²) in [5.41, 5.74) is 17.8.